The Hall–Kier alpha value is -0.200. The molecule has 5 heteroatoms. The molecule has 2 heterocycles. The summed E-state index contributed by atoms with van der Waals surface area (Å²) in [6.07, 6.45) is -2.98. The molecule has 0 aromatic rings. The van der Waals surface area contributed by atoms with Crippen molar-refractivity contribution in [1.29, 1.82) is 0 Å². The van der Waals surface area contributed by atoms with E-state index in [1.54, 1.807) is 0 Å². The Labute approximate surface area is 108 Å². The highest BCUT2D eigenvalue weighted by atomic mass is 16.7. The molecule has 18 heavy (non-hydrogen) atoms. The van der Waals surface area contributed by atoms with Gasteiger partial charge >= 0.3 is 0 Å². The fourth-order valence-electron chi connectivity index (χ4n) is 2.77. The first-order chi connectivity index (χ1) is 8.12. The van der Waals surface area contributed by atoms with E-state index in [0.29, 0.717) is 6.61 Å². The van der Waals surface area contributed by atoms with Gasteiger partial charge in [-0.15, -0.1) is 0 Å². The summed E-state index contributed by atoms with van der Waals surface area (Å²) >= 11 is 0. The molecule has 5 nitrogen and oxygen atoms in total. The zero-order valence-electron chi connectivity index (χ0n) is 11.7. The topological polar surface area (TPSA) is 68.2 Å². The lowest BCUT2D eigenvalue weighted by Crippen LogP contribution is -2.59. The van der Waals surface area contributed by atoms with Gasteiger partial charge < -0.3 is 24.4 Å². The highest BCUT2D eigenvalue weighted by Crippen LogP contribution is 2.41. The van der Waals surface area contributed by atoms with Gasteiger partial charge in [0.15, 0.2) is 6.29 Å². The molecule has 2 N–H and O–H groups in total. The van der Waals surface area contributed by atoms with E-state index in [9.17, 15) is 10.2 Å². The molecule has 2 rings (SSSR count). The lowest BCUT2D eigenvalue weighted by molar-refractivity contribution is -0.305. The molecular formula is C13H24O5. The van der Waals surface area contributed by atoms with E-state index in [4.69, 9.17) is 14.2 Å². The van der Waals surface area contributed by atoms with Crippen molar-refractivity contribution in [3.05, 3.63) is 0 Å². The van der Waals surface area contributed by atoms with Crippen LogP contribution in [0.2, 0.25) is 0 Å². The van der Waals surface area contributed by atoms with Gasteiger partial charge in [-0.2, -0.15) is 0 Å². The van der Waals surface area contributed by atoms with Crippen molar-refractivity contribution in [2.45, 2.75) is 70.4 Å². The summed E-state index contributed by atoms with van der Waals surface area (Å²) in [6.45, 7) is 9.89. The zero-order valence-corrected chi connectivity index (χ0v) is 11.7. The summed E-state index contributed by atoms with van der Waals surface area (Å²) in [5.74, 6) is -0.229. The quantitative estimate of drug-likeness (QED) is 0.725. The van der Waals surface area contributed by atoms with Gasteiger partial charge in [0.1, 0.15) is 6.10 Å². The van der Waals surface area contributed by atoms with E-state index in [2.05, 4.69) is 0 Å². The third-order valence-electron chi connectivity index (χ3n) is 3.60. The van der Waals surface area contributed by atoms with Crippen LogP contribution in [-0.2, 0) is 14.2 Å². The van der Waals surface area contributed by atoms with Crippen LogP contribution in [-0.4, -0.2) is 52.6 Å². The lowest BCUT2D eigenvalue weighted by atomic mass is 9.80. The maximum atomic E-state index is 10.3. The molecule has 5 atom stereocenters. The van der Waals surface area contributed by atoms with E-state index in [-0.39, 0.29) is 12.0 Å². The number of rotatable bonds is 1. The van der Waals surface area contributed by atoms with Crippen molar-refractivity contribution >= 4 is 0 Å². The summed E-state index contributed by atoms with van der Waals surface area (Å²) in [7, 11) is 0. The molecule has 0 saturated carbocycles. The van der Waals surface area contributed by atoms with Gasteiger partial charge in [-0.1, -0.05) is 0 Å². The maximum absolute atomic E-state index is 10.3. The van der Waals surface area contributed by atoms with Crippen molar-refractivity contribution in [2.75, 3.05) is 6.61 Å². The van der Waals surface area contributed by atoms with Gasteiger partial charge in [-0.25, -0.2) is 0 Å². The molecule has 0 amide bonds. The molecule has 0 radical (unpaired) electrons. The number of hydrogen-bond acceptors (Lipinski definition) is 5. The van der Waals surface area contributed by atoms with Crippen LogP contribution in [0.25, 0.3) is 0 Å². The van der Waals surface area contributed by atoms with Crippen LogP contribution in [0, 0.1) is 5.92 Å². The molecule has 0 spiro atoms. The fraction of sp³-hybridized carbons (Fsp3) is 1.00. The lowest BCUT2D eigenvalue weighted by Gasteiger charge is -2.44. The van der Waals surface area contributed by atoms with Crippen LogP contribution in [0.3, 0.4) is 0 Å². The van der Waals surface area contributed by atoms with Crippen LogP contribution >= 0.6 is 0 Å². The average Bonchev–Trinajstić information content (AvgIpc) is 2.48. The van der Waals surface area contributed by atoms with Crippen molar-refractivity contribution in [2.24, 2.45) is 5.92 Å². The van der Waals surface area contributed by atoms with Crippen LogP contribution in [0.4, 0.5) is 0 Å². The SMILES string of the molecule is CC(C)(C)OC1OC2COC(C)(C)C2C(O)C1O. The highest BCUT2D eigenvalue weighted by Gasteiger charge is 2.56. The third kappa shape index (κ3) is 2.56. The molecule has 5 unspecified atom stereocenters. The summed E-state index contributed by atoms with van der Waals surface area (Å²) in [5, 5.41) is 20.4. The monoisotopic (exact) mass is 260 g/mol. The number of ether oxygens (including phenoxy) is 3. The molecule has 2 aliphatic heterocycles. The first-order valence-corrected chi connectivity index (χ1v) is 6.45. The minimum absolute atomic E-state index is 0.229. The number of aliphatic hydroxyl groups excluding tert-OH is 2. The van der Waals surface area contributed by atoms with E-state index < -0.39 is 29.7 Å². The maximum Gasteiger partial charge on any atom is 0.187 e. The van der Waals surface area contributed by atoms with E-state index in [1.807, 2.05) is 34.6 Å². The van der Waals surface area contributed by atoms with E-state index in [0.717, 1.165) is 0 Å². The second-order valence-corrected chi connectivity index (χ2v) is 6.69. The van der Waals surface area contributed by atoms with Gasteiger partial charge in [0, 0.05) is 5.92 Å². The van der Waals surface area contributed by atoms with Crippen molar-refractivity contribution in [1.82, 2.24) is 0 Å². The second-order valence-electron chi connectivity index (χ2n) is 6.69. The normalized spacial score (nSPS) is 43.8. The smallest absolute Gasteiger partial charge is 0.187 e. The Bertz CT molecular complexity index is 309. The molecule has 0 aliphatic carbocycles. The van der Waals surface area contributed by atoms with Gasteiger partial charge in [0.2, 0.25) is 0 Å². The summed E-state index contributed by atoms with van der Waals surface area (Å²) < 4.78 is 17.0. The molecule has 2 fully saturated rings. The summed E-state index contributed by atoms with van der Waals surface area (Å²) in [6, 6.07) is 0. The van der Waals surface area contributed by atoms with Gasteiger partial charge in [-0.05, 0) is 34.6 Å². The summed E-state index contributed by atoms with van der Waals surface area (Å²) in [4.78, 5) is 0. The van der Waals surface area contributed by atoms with Gasteiger partial charge in [-0.3, -0.25) is 0 Å². The molecule has 106 valence electrons. The predicted octanol–water partition coefficient (Wildman–Crippen LogP) is 0.673. The van der Waals surface area contributed by atoms with Gasteiger partial charge in [0.05, 0.1) is 30.0 Å². The van der Waals surface area contributed by atoms with Crippen molar-refractivity contribution in [3.63, 3.8) is 0 Å². The Kier molecular flexibility index (Phi) is 3.49. The zero-order chi connectivity index (χ0) is 13.7. The Balaban J connectivity index is 2.13. The Morgan fingerprint density at radius 2 is 1.78 bits per heavy atom. The summed E-state index contributed by atoms with van der Waals surface area (Å²) in [5.41, 5.74) is -0.926. The van der Waals surface area contributed by atoms with Crippen LogP contribution in [0.15, 0.2) is 0 Å². The number of hydrogen-bond donors (Lipinski definition) is 2. The molecule has 2 aliphatic rings. The predicted molar refractivity (Wildman–Crippen MR) is 65.0 cm³/mol. The Morgan fingerprint density at radius 3 is 2.33 bits per heavy atom. The standard InChI is InChI=1S/C13H24O5/c1-12(2,3)18-11-10(15)9(14)8-7(17-11)6-16-13(8,4)5/h7-11,14-15H,6H2,1-5H3. The highest BCUT2D eigenvalue weighted by molar-refractivity contribution is 5.01. The van der Waals surface area contributed by atoms with Gasteiger partial charge in [0.25, 0.3) is 0 Å². The fourth-order valence-corrected chi connectivity index (χ4v) is 2.77. The van der Waals surface area contributed by atoms with Crippen molar-refractivity contribution < 1.29 is 24.4 Å². The number of fused-ring (bicyclic) bond motifs is 1. The third-order valence-corrected chi connectivity index (χ3v) is 3.60. The van der Waals surface area contributed by atoms with Crippen LogP contribution in [0.5, 0.6) is 0 Å². The Morgan fingerprint density at radius 1 is 1.17 bits per heavy atom. The molecule has 0 aromatic carbocycles. The first kappa shape index (κ1) is 14.2. The average molecular weight is 260 g/mol. The van der Waals surface area contributed by atoms with Crippen LogP contribution < -0.4 is 0 Å². The minimum atomic E-state index is -1.05. The number of aliphatic hydroxyl groups is 2. The van der Waals surface area contributed by atoms with Crippen molar-refractivity contribution in [3.8, 4) is 0 Å². The largest absolute Gasteiger partial charge is 0.390 e. The molecule has 0 aromatic heterocycles. The van der Waals surface area contributed by atoms with E-state index in [1.165, 1.54) is 0 Å². The van der Waals surface area contributed by atoms with E-state index >= 15 is 0 Å². The second kappa shape index (κ2) is 4.42. The van der Waals surface area contributed by atoms with Crippen LogP contribution in [0.1, 0.15) is 34.6 Å². The molecule has 0 bridgehead atoms. The molecular weight excluding hydrogens is 236 g/mol. The molecule has 2 saturated heterocycles. The minimum Gasteiger partial charge on any atom is -0.390 e. The first-order valence-electron chi connectivity index (χ1n) is 6.45.